The summed E-state index contributed by atoms with van der Waals surface area (Å²) in [7, 11) is 0. The molecule has 1 heterocycles. The Morgan fingerprint density at radius 3 is 2.50 bits per heavy atom. The van der Waals surface area contributed by atoms with Crippen LogP contribution >= 0.6 is 0 Å². The largest absolute Gasteiger partial charge is 0.487 e. The van der Waals surface area contributed by atoms with Gasteiger partial charge in [0.05, 0.1) is 12.5 Å². The van der Waals surface area contributed by atoms with Crippen molar-refractivity contribution in [3.05, 3.63) is 64.7 Å². The molecule has 0 saturated carbocycles. The van der Waals surface area contributed by atoms with Crippen LogP contribution in [0.4, 0.5) is 0 Å². The molecule has 126 valence electrons. The molecule has 2 aromatic carbocycles. The van der Waals surface area contributed by atoms with Crippen LogP contribution in [0.2, 0.25) is 0 Å². The van der Waals surface area contributed by atoms with E-state index in [4.69, 9.17) is 4.74 Å². The molecule has 3 nitrogen and oxygen atoms in total. The predicted octanol–water partition coefficient (Wildman–Crippen LogP) is 4.26. The molecular formula is C21H25NO2. The Morgan fingerprint density at radius 2 is 1.79 bits per heavy atom. The van der Waals surface area contributed by atoms with Crippen LogP contribution in [0.1, 0.15) is 48.6 Å². The minimum atomic E-state index is -0.289. The zero-order valence-electron chi connectivity index (χ0n) is 14.8. The molecule has 1 amide bonds. The monoisotopic (exact) mass is 323 g/mol. The van der Waals surface area contributed by atoms with Crippen molar-refractivity contribution in [1.29, 1.82) is 0 Å². The molecule has 2 aromatic rings. The van der Waals surface area contributed by atoms with Crippen molar-refractivity contribution in [2.24, 2.45) is 0 Å². The van der Waals surface area contributed by atoms with E-state index in [0.29, 0.717) is 6.42 Å². The van der Waals surface area contributed by atoms with Crippen LogP contribution in [0, 0.1) is 13.8 Å². The molecular weight excluding hydrogens is 298 g/mol. The highest BCUT2D eigenvalue weighted by Crippen LogP contribution is 2.39. The average molecular weight is 323 g/mol. The number of rotatable bonds is 3. The average Bonchev–Trinajstić information content (AvgIpc) is 2.48. The van der Waals surface area contributed by atoms with E-state index in [1.807, 2.05) is 31.2 Å². The summed E-state index contributed by atoms with van der Waals surface area (Å²) in [6, 6.07) is 14.3. The molecule has 0 bridgehead atoms. The number of aryl methyl sites for hydroxylation is 2. The first-order valence-electron chi connectivity index (χ1n) is 8.47. The van der Waals surface area contributed by atoms with Crippen molar-refractivity contribution in [2.75, 3.05) is 0 Å². The van der Waals surface area contributed by atoms with Gasteiger partial charge in [-0.2, -0.15) is 0 Å². The fourth-order valence-corrected chi connectivity index (χ4v) is 3.22. The molecule has 0 saturated heterocycles. The fourth-order valence-electron chi connectivity index (χ4n) is 3.22. The molecule has 0 spiro atoms. The first-order valence-corrected chi connectivity index (χ1v) is 8.47. The Hall–Kier alpha value is -2.29. The molecule has 1 atom stereocenters. The molecule has 24 heavy (non-hydrogen) atoms. The van der Waals surface area contributed by atoms with E-state index < -0.39 is 0 Å². The van der Waals surface area contributed by atoms with E-state index in [0.717, 1.165) is 28.9 Å². The van der Waals surface area contributed by atoms with Gasteiger partial charge in [-0.15, -0.1) is 0 Å². The van der Waals surface area contributed by atoms with Gasteiger partial charge < -0.3 is 10.1 Å². The fraction of sp³-hybridized carbons (Fsp3) is 0.381. The smallest absolute Gasteiger partial charge is 0.224 e. The summed E-state index contributed by atoms with van der Waals surface area (Å²) in [6.45, 7) is 8.23. The molecule has 3 rings (SSSR count). The topological polar surface area (TPSA) is 38.3 Å². The summed E-state index contributed by atoms with van der Waals surface area (Å²) in [4.78, 5) is 12.5. The highest BCUT2D eigenvalue weighted by atomic mass is 16.5. The molecule has 0 unspecified atom stereocenters. The van der Waals surface area contributed by atoms with E-state index in [9.17, 15) is 4.79 Å². The van der Waals surface area contributed by atoms with Crippen LogP contribution < -0.4 is 10.1 Å². The summed E-state index contributed by atoms with van der Waals surface area (Å²) >= 11 is 0. The number of fused-ring (bicyclic) bond motifs is 1. The Morgan fingerprint density at radius 1 is 1.12 bits per heavy atom. The van der Waals surface area contributed by atoms with Gasteiger partial charge in [0.2, 0.25) is 5.91 Å². The van der Waals surface area contributed by atoms with Crippen LogP contribution in [0.3, 0.4) is 0 Å². The second-order valence-corrected chi connectivity index (χ2v) is 7.39. The lowest BCUT2D eigenvalue weighted by Gasteiger charge is -2.38. The number of carbonyl (C=O) groups excluding carboxylic acids is 1. The van der Waals surface area contributed by atoms with E-state index in [-0.39, 0.29) is 17.6 Å². The van der Waals surface area contributed by atoms with Gasteiger partial charge in [0.25, 0.3) is 0 Å². The predicted molar refractivity (Wildman–Crippen MR) is 96.3 cm³/mol. The lowest BCUT2D eigenvalue weighted by molar-refractivity contribution is -0.121. The van der Waals surface area contributed by atoms with Crippen molar-refractivity contribution < 1.29 is 9.53 Å². The van der Waals surface area contributed by atoms with Crippen molar-refractivity contribution in [2.45, 2.75) is 52.2 Å². The molecule has 0 fully saturated rings. The maximum atomic E-state index is 12.5. The zero-order valence-corrected chi connectivity index (χ0v) is 14.8. The second-order valence-electron chi connectivity index (χ2n) is 7.39. The number of benzene rings is 2. The molecule has 0 aliphatic carbocycles. The third kappa shape index (κ3) is 3.78. The normalized spacial score (nSPS) is 18.4. The standard InChI is InChI=1S/C21H25NO2/c1-14-5-8-16(9-6-14)12-20(23)22-18-13-21(3,4)24-19-11-15(2)7-10-17(18)19/h5-11,18H,12-13H2,1-4H3,(H,22,23)/t18-/m0/s1. The first kappa shape index (κ1) is 16.6. The van der Waals surface area contributed by atoms with Crippen LogP contribution in [-0.4, -0.2) is 11.5 Å². The lowest BCUT2D eigenvalue weighted by Crippen LogP contribution is -2.41. The minimum absolute atomic E-state index is 0.0118. The quantitative estimate of drug-likeness (QED) is 0.916. The number of hydrogen-bond donors (Lipinski definition) is 1. The number of amides is 1. The summed E-state index contributed by atoms with van der Waals surface area (Å²) in [6.07, 6.45) is 1.17. The Kier molecular flexibility index (Phi) is 4.35. The summed E-state index contributed by atoms with van der Waals surface area (Å²) in [5.41, 5.74) is 4.18. The van der Waals surface area contributed by atoms with Gasteiger partial charge in [0.15, 0.2) is 0 Å². The third-order valence-electron chi connectivity index (χ3n) is 4.45. The van der Waals surface area contributed by atoms with Gasteiger partial charge >= 0.3 is 0 Å². The Labute approximate surface area is 144 Å². The maximum absolute atomic E-state index is 12.5. The number of nitrogens with one attached hydrogen (secondary N) is 1. The number of hydrogen-bond acceptors (Lipinski definition) is 2. The zero-order chi connectivity index (χ0) is 17.3. The third-order valence-corrected chi connectivity index (χ3v) is 4.45. The highest BCUT2D eigenvalue weighted by molar-refractivity contribution is 5.79. The van der Waals surface area contributed by atoms with Gasteiger partial charge in [-0.1, -0.05) is 42.0 Å². The molecule has 1 aliphatic heterocycles. The highest BCUT2D eigenvalue weighted by Gasteiger charge is 2.34. The van der Waals surface area contributed by atoms with Crippen molar-refractivity contribution >= 4 is 5.91 Å². The molecule has 3 heteroatoms. The van der Waals surface area contributed by atoms with Crippen LogP contribution in [0.5, 0.6) is 5.75 Å². The van der Waals surface area contributed by atoms with Crippen molar-refractivity contribution in [3.63, 3.8) is 0 Å². The maximum Gasteiger partial charge on any atom is 0.224 e. The van der Waals surface area contributed by atoms with Crippen molar-refractivity contribution in [3.8, 4) is 5.75 Å². The van der Waals surface area contributed by atoms with Crippen molar-refractivity contribution in [1.82, 2.24) is 5.32 Å². The minimum Gasteiger partial charge on any atom is -0.487 e. The van der Waals surface area contributed by atoms with Crippen LogP contribution in [-0.2, 0) is 11.2 Å². The van der Waals surface area contributed by atoms with Gasteiger partial charge in [0.1, 0.15) is 11.4 Å². The summed E-state index contributed by atoms with van der Waals surface area (Å²) < 4.78 is 6.09. The molecule has 1 N–H and O–H groups in total. The van der Waals surface area contributed by atoms with Gasteiger partial charge in [-0.05, 0) is 44.9 Å². The van der Waals surface area contributed by atoms with Crippen LogP contribution in [0.25, 0.3) is 0 Å². The van der Waals surface area contributed by atoms with E-state index in [1.54, 1.807) is 0 Å². The summed E-state index contributed by atoms with van der Waals surface area (Å²) in [5, 5.41) is 3.19. The molecule has 0 aromatic heterocycles. The van der Waals surface area contributed by atoms with E-state index in [1.165, 1.54) is 5.56 Å². The Bertz CT molecular complexity index is 747. The number of carbonyl (C=O) groups is 1. The van der Waals surface area contributed by atoms with E-state index >= 15 is 0 Å². The first-order chi connectivity index (χ1) is 11.3. The second kappa shape index (κ2) is 6.31. The molecule has 0 radical (unpaired) electrons. The molecule has 1 aliphatic rings. The van der Waals surface area contributed by atoms with Gasteiger partial charge in [0, 0.05) is 12.0 Å². The summed E-state index contributed by atoms with van der Waals surface area (Å²) in [5.74, 6) is 0.931. The van der Waals surface area contributed by atoms with Gasteiger partial charge in [-0.3, -0.25) is 4.79 Å². The van der Waals surface area contributed by atoms with Crippen LogP contribution in [0.15, 0.2) is 42.5 Å². The van der Waals surface area contributed by atoms with Gasteiger partial charge in [-0.25, -0.2) is 0 Å². The Balaban J connectivity index is 1.76. The lowest BCUT2D eigenvalue weighted by atomic mass is 9.89. The SMILES string of the molecule is Cc1ccc(CC(=O)N[C@H]2CC(C)(C)Oc3cc(C)ccc32)cc1. The number of ether oxygens (including phenoxy) is 1. The van der Waals surface area contributed by atoms with E-state index in [2.05, 4.69) is 44.3 Å².